The Balaban J connectivity index is 1.76. The lowest BCUT2D eigenvalue weighted by Gasteiger charge is -2.11. The standard InChI is InChI=1S/C18H19N3O5S/c1-4-15-20-21-16(22)9-12(19-18(21)27-15)10-26-17(23)11-6-7-13(24-3)14(8-11)25-5-2/h6-9H,4-5,10H2,1-3H3. The van der Waals surface area contributed by atoms with Crippen LogP contribution in [0.1, 0.15) is 34.9 Å². The van der Waals surface area contributed by atoms with Gasteiger partial charge in [-0.25, -0.2) is 9.78 Å². The molecule has 0 bridgehead atoms. The Kier molecular flexibility index (Phi) is 5.70. The number of esters is 1. The molecule has 0 aliphatic rings. The Morgan fingerprint density at radius 3 is 2.74 bits per heavy atom. The van der Waals surface area contributed by atoms with Gasteiger partial charge in [0.15, 0.2) is 11.5 Å². The van der Waals surface area contributed by atoms with Crippen molar-refractivity contribution in [1.82, 2.24) is 14.6 Å². The second kappa shape index (κ2) is 8.17. The molecule has 27 heavy (non-hydrogen) atoms. The Bertz CT molecular complexity index is 1030. The highest BCUT2D eigenvalue weighted by Crippen LogP contribution is 2.28. The van der Waals surface area contributed by atoms with E-state index in [1.54, 1.807) is 18.2 Å². The molecule has 0 atom stereocenters. The molecule has 0 radical (unpaired) electrons. The van der Waals surface area contributed by atoms with Gasteiger partial charge < -0.3 is 14.2 Å². The lowest BCUT2D eigenvalue weighted by atomic mass is 10.2. The van der Waals surface area contributed by atoms with Gasteiger partial charge in [-0.1, -0.05) is 18.3 Å². The van der Waals surface area contributed by atoms with Crippen molar-refractivity contribution in [1.29, 1.82) is 0 Å². The molecular formula is C18H19N3O5S. The zero-order chi connectivity index (χ0) is 19.4. The molecule has 3 aromatic rings. The van der Waals surface area contributed by atoms with Crippen LogP contribution >= 0.6 is 11.3 Å². The van der Waals surface area contributed by atoms with Gasteiger partial charge in [0.2, 0.25) is 4.96 Å². The topological polar surface area (TPSA) is 92.0 Å². The van der Waals surface area contributed by atoms with Gasteiger partial charge >= 0.3 is 5.97 Å². The number of rotatable bonds is 7. The molecule has 3 rings (SSSR count). The normalized spacial score (nSPS) is 10.8. The van der Waals surface area contributed by atoms with Crippen molar-refractivity contribution in [3.05, 3.63) is 50.9 Å². The number of aryl methyl sites for hydroxylation is 1. The summed E-state index contributed by atoms with van der Waals surface area (Å²) in [6.07, 6.45) is 0.720. The number of hydrogen-bond donors (Lipinski definition) is 0. The fourth-order valence-electron chi connectivity index (χ4n) is 2.41. The second-order valence-corrected chi connectivity index (χ2v) is 6.54. The molecule has 0 fully saturated rings. The number of aromatic nitrogens is 3. The second-order valence-electron chi connectivity index (χ2n) is 5.50. The third kappa shape index (κ3) is 4.08. The monoisotopic (exact) mass is 389 g/mol. The Hall–Kier alpha value is -2.94. The molecule has 8 nitrogen and oxygen atoms in total. The van der Waals surface area contributed by atoms with E-state index in [2.05, 4.69) is 10.1 Å². The van der Waals surface area contributed by atoms with Crippen LogP contribution in [0.2, 0.25) is 0 Å². The van der Waals surface area contributed by atoms with Gasteiger partial charge in [-0.05, 0) is 31.5 Å². The van der Waals surface area contributed by atoms with Crippen LogP contribution in [0.5, 0.6) is 11.5 Å². The Morgan fingerprint density at radius 1 is 1.22 bits per heavy atom. The molecule has 0 saturated carbocycles. The Morgan fingerprint density at radius 2 is 2.04 bits per heavy atom. The molecule has 2 aromatic heterocycles. The van der Waals surface area contributed by atoms with Crippen molar-refractivity contribution < 1.29 is 19.0 Å². The number of hydrogen-bond acceptors (Lipinski definition) is 8. The van der Waals surface area contributed by atoms with Gasteiger partial charge in [0, 0.05) is 6.07 Å². The summed E-state index contributed by atoms with van der Waals surface area (Å²) in [5.74, 6) is 0.452. The number of nitrogens with zero attached hydrogens (tertiary/aromatic N) is 3. The van der Waals surface area contributed by atoms with Crippen LogP contribution in [0, 0.1) is 0 Å². The third-order valence-corrected chi connectivity index (χ3v) is 4.75. The zero-order valence-electron chi connectivity index (χ0n) is 15.2. The van der Waals surface area contributed by atoms with Crippen molar-refractivity contribution >= 4 is 22.3 Å². The Labute approximate surface area is 159 Å². The van der Waals surface area contributed by atoms with Gasteiger partial charge in [0.1, 0.15) is 11.6 Å². The summed E-state index contributed by atoms with van der Waals surface area (Å²) in [7, 11) is 1.53. The minimum Gasteiger partial charge on any atom is -0.493 e. The molecule has 1 aromatic carbocycles. The molecule has 9 heteroatoms. The maximum atomic E-state index is 12.3. The summed E-state index contributed by atoms with van der Waals surface area (Å²) in [5, 5.41) is 5.00. The van der Waals surface area contributed by atoms with Gasteiger partial charge in [0.25, 0.3) is 5.56 Å². The zero-order valence-corrected chi connectivity index (χ0v) is 16.0. The van der Waals surface area contributed by atoms with Crippen LogP contribution in [0.3, 0.4) is 0 Å². The van der Waals surface area contributed by atoms with E-state index in [9.17, 15) is 9.59 Å². The average Bonchev–Trinajstić information content (AvgIpc) is 3.10. The number of ether oxygens (including phenoxy) is 3. The first-order chi connectivity index (χ1) is 13.0. The molecule has 0 unspecified atom stereocenters. The van der Waals surface area contributed by atoms with Crippen molar-refractivity contribution in [3.8, 4) is 11.5 Å². The van der Waals surface area contributed by atoms with Gasteiger partial charge in [-0.3, -0.25) is 4.79 Å². The molecule has 0 N–H and O–H groups in total. The van der Waals surface area contributed by atoms with Gasteiger partial charge in [-0.15, -0.1) is 0 Å². The van der Waals surface area contributed by atoms with Gasteiger partial charge in [-0.2, -0.15) is 9.61 Å². The molecule has 0 aliphatic carbocycles. The maximum Gasteiger partial charge on any atom is 0.338 e. The van der Waals surface area contributed by atoms with Crippen LogP contribution in [-0.4, -0.2) is 34.3 Å². The van der Waals surface area contributed by atoms with Gasteiger partial charge in [0.05, 0.1) is 25.0 Å². The fraction of sp³-hybridized carbons (Fsp3) is 0.333. The molecule has 0 aliphatic heterocycles. The van der Waals surface area contributed by atoms with Crippen molar-refractivity contribution in [2.75, 3.05) is 13.7 Å². The maximum absolute atomic E-state index is 12.3. The van der Waals surface area contributed by atoms with E-state index < -0.39 is 5.97 Å². The largest absolute Gasteiger partial charge is 0.493 e. The SMILES string of the molecule is CCOc1cc(C(=O)OCc2cc(=O)n3nc(CC)sc3n2)ccc1OC. The molecular weight excluding hydrogens is 370 g/mol. The van der Waals surface area contributed by atoms with Crippen molar-refractivity contribution in [2.45, 2.75) is 26.9 Å². The first-order valence-electron chi connectivity index (χ1n) is 8.42. The number of carbonyl (C=O) groups is 1. The predicted molar refractivity (Wildman–Crippen MR) is 99.8 cm³/mol. The van der Waals surface area contributed by atoms with Crippen molar-refractivity contribution in [3.63, 3.8) is 0 Å². The first-order valence-corrected chi connectivity index (χ1v) is 9.24. The quantitative estimate of drug-likeness (QED) is 0.573. The summed E-state index contributed by atoms with van der Waals surface area (Å²) in [4.78, 5) is 29.3. The molecule has 0 spiro atoms. The van der Waals surface area contributed by atoms with E-state index in [0.717, 1.165) is 11.4 Å². The smallest absolute Gasteiger partial charge is 0.338 e. The first kappa shape index (κ1) is 18.8. The average molecular weight is 389 g/mol. The van der Waals surface area contributed by atoms with Crippen molar-refractivity contribution in [2.24, 2.45) is 0 Å². The van der Waals surface area contributed by atoms with Crippen LogP contribution in [0.25, 0.3) is 4.96 Å². The fourth-order valence-corrected chi connectivity index (χ4v) is 3.27. The molecule has 0 saturated heterocycles. The van der Waals surface area contributed by atoms with E-state index in [1.807, 2.05) is 13.8 Å². The minimum atomic E-state index is -0.542. The molecule has 0 amide bonds. The van der Waals surface area contributed by atoms with Crippen LogP contribution in [0.15, 0.2) is 29.1 Å². The highest BCUT2D eigenvalue weighted by Gasteiger charge is 2.14. The molecule has 2 heterocycles. The number of benzene rings is 1. The van der Waals surface area contributed by atoms with E-state index in [-0.39, 0.29) is 12.2 Å². The lowest BCUT2D eigenvalue weighted by molar-refractivity contribution is 0.0467. The summed E-state index contributed by atoms with van der Waals surface area (Å²) >= 11 is 1.34. The summed E-state index contributed by atoms with van der Waals surface area (Å²) in [6.45, 7) is 4.13. The van der Waals surface area contributed by atoms with Crippen LogP contribution in [-0.2, 0) is 17.8 Å². The minimum absolute atomic E-state index is 0.111. The van der Waals surface area contributed by atoms with E-state index in [4.69, 9.17) is 14.2 Å². The van der Waals surface area contributed by atoms with Crippen LogP contribution in [0.4, 0.5) is 0 Å². The highest BCUT2D eigenvalue weighted by atomic mass is 32.1. The number of carbonyl (C=O) groups excluding carboxylic acids is 1. The van der Waals surface area contributed by atoms with E-state index in [0.29, 0.717) is 34.3 Å². The third-order valence-electron chi connectivity index (χ3n) is 3.69. The highest BCUT2D eigenvalue weighted by molar-refractivity contribution is 7.16. The summed E-state index contributed by atoms with van der Waals surface area (Å²) in [5.41, 5.74) is 0.395. The number of fused-ring (bicyclic) bond motifs is 1. The number of methoxy groups -OCH3 is 1. The van der Waals surface area contributed by atoms with Crippen LogP contribution < -0.4 is 15.0 Å². The van der Waals surface area contributed by atoms with E-state index in [1.165, 1.54) is 29.0 Å². The summed E-state index contributed by atoms with van der Waals surface area (Å²) in [6, 6.07) is 6.11. The predicted octanol–water partition coefficient (Wildman–Crippen LogP) is 2.48. The lowest BCUT2D eigenvalue weighted by Crippen LogP contribution is -2.16. The van der Waals surface area contributed by atoms with E-state index >= 15 is 0 Å². The molecule has 142 valence electrons. The summed E-state index contributed by atoms with van der Waals surface area (Å²) < 4.78 is 17.2.